The number of pyridine rings is 1. The SMILES string of the molecule is O=C(NCc1c(F)cccc1OC(F)F)Nc1cccnc1. The number of amides is 2. The van der Waals surface area contributed by atoms with Crippen LogP contribution in [0.3, 0.4) is 0 Å². The number of hydrogen-bond acceptors (Lipinski definition) is 3. The van der Waals surface area contributed by atoms with Gasteiger partial charge in [0, 0.05) is 11.8 Å². The van der Waals surface area contributed by atoms with Crippen LogP contribution in [0.1, 0.15) is 5.56 Å². The van der Waals surface area contributed by atoms with Crippen molar-refractivity contribution in [3.8, 4) is 5.75 Å². The lowest BCUT2D eigenvalue weighted by Gasteiger charge is -2.12. The Morgan fingerprint density at radius 2 is 2.09 bits per heavy atom. The molecule has 0 spiro atoms. The van der Waals surface area contributed by atoms with Crippen molar-refractivity contribution >= 4 is 11.7 Å². The molecule has 0 saturated carbocycles. The van der Waals surface area contributed by atoms with Crippen molar-refractivity contribution in [2.24, 2.45) is 0 Å². The van der Waals surface area contributed by atoms with Gasteiger partial charge in [-0.1, -0.05) is 6.07 Å². The quantitative estimate of drug-likeness (QED) is 0.891. The molecular formula is C14H12F3N3O2. The Bertz CT molecular complexity index is 638. The first-order valence-electron chi connectivity index (χ1n) is 6.23. The number of nitrogens with zero attached hydrogens (tertiary/aromatic N) is 1. The Morgan fingerprint density at radius 1 is 1.27 bits per heavy atom. The van der Waals surface area contributed by atoms with Gasteiger partial charge >= 0.3 is 12.6 Å². The third-order valence-electron chi connectivity index (χ3n) is 2.64. The van der Waals surface area contributed by atoms with Crippen LogP contribution in [0.25, 0.3) is 0 Å². The molecule has 0 fully saturated rings. The summed E-state index contributed by atoms with van der Waals surface area (Å²) < 4.78 is 42.4. The molecule has 5 nitrogen and oxygen atoms in total. The zero-order valence-corrected chi connectivity index (χ0v) is 11.2. The normalized spacial score (nSPS) is 10.4. The summed E-state index contributed by atoms with van der Waals surface area (Å²) in [5.41, 5.74) is 0.279. The number of benzene rings is 1. The molecule has 8 heteroatoms. The van der Waals surface area contributed by atoms with Gasteiger partial charge in [-0.05, 0) is 24.3 Å². The van der Waals surface area contributed by atoms with Gasteiger partial charge in [0.15, 0.2) is 0 Å². The molecule has 0 aliphatic rings. The number of urea groups is 1. The molecule has 1 heterocycles. The second-order valence-electron chi connectivity index (χ2n) is 4.14. The predicted octanol–water partition coefficient (Wildman–Crippen LogP) is 3.14. The predicted molar refractivity (Wildman–Crippen MR) is 73.1 cm³/mol. The molecular weight excluding hydrogens is 299 g/mol. The molecule has 2 amide bonds. The van der Waals surface area contributed by atoms with Gasteiger partial charge in [-0.25, -0.2) is 9.18 Å². The van der Waals surface area contributed by atoms with Crippen molar-refractivity contribution in [3.05, 3.63) is 54.1 Å². The number of halogens is 3. The Labute approximate surface area is 124 Å². The first-order chi connectivity index (χ1) is 10.6. The van der Waals surface area contributed by atoms with E-state index in [4.69, 9.17) is 0 Å². The van der Waals surface area contributed by atoms with Crippen LogP contribution in [0.4, 0.5) is 23.7 Å². The van der Waals surface area contributed by atoms with E-state index in [2.05, 4.69) is 20.4 Å². The topological polar surface area (TPSA) is 63.2 Å². The van der Waals surface area contributed by atoms with Crippen LogP contribution in [0.15, 0.2) is 42.7 Å². The maximum Gasteiger partial charge on any atom is 0.387 e. The van der Waals surface area contributed by atoms with E-state index in [0.29, 0.717) is 5.69 Å². The lowest BCUT2D eigenvalue weighted by atomic mass is 10.2. The molecule has 0 atom stereocenters. The molecule has 2 rings (SSSR count). The van der Waals surface area contributed by atoms with Gasteiger partial charge in [0.25, 0.3) is 0 Å². The van der Waals surface area contributed by atoms with E-state index in [9.17, 15) is 18.0 Å². The Balaban J connectivity index is 2.00. The van der Waals surface area contributed by atoms with Gasteiger partial charge in [0.1, 0.15) is 11.6 Å². The maximum absolute atomic E-state index is 13.7. The van der Waals surface area contributed by atoms with E-state index in [1.165, 1.54) is 24.5 Å². The van der Waals surface area contributed by atoms with Crippen molar-refractivity contribution < 1.29 is 22.7 Å². The first kappa shape index (κ1) is 15.6. The Kier molecular flexibility index (Phi) is 5.18. The average molecular weight is 311 g/mol. The molecule has 116 valence electrons. The van der Waals surface area contributed by atoms with E-state index in [1.807, 2.05) is 0 Å². The lowest BCUT2D eigenvalue weighted by Crippen LogP contribution is -2.28. The Morgan fingerprint density at radius 3 is 2.77 bits per heavy atom. The highest BCUT2D eigenvalue weighted by atomic mass is 19.3. The number of hydrogen-bond donors (Lipinski definition) is 2. The highest BCUT2D eigenvalue weighted by Gasteiger charge is 2.14. The van der Waals surface area contributed by atoms with Crippen molar-refractivity contribution in [2.45, 2.75) is 13.2 Å². The molecule has 0 aliphatic carbocycles. The van der Waals surface area contributed by atoms with Gasteiger partial charge in [-0.15, -0.1) is 0 Å². The molecule has 0 radical (unpaired) electrons. The smallest absolute Gasteiger partial charge is 0.387 e. The van der Waals surface area contributed by atoms with E-state index in [-0.39, 0.29) is 17.9 Å². The molecule has 2 aromatic rings. The van der Waals surface area contributed by atoms with Crippen LogP contribution in [-0.2, 0) is 6.54 Å². The van der Waals surface area contributed by atoms with Crippen molar-refractivity contribution in [1.29, 1.82) is 0 Å². The minimum Gasteiger partial charge on any atom is -0.434 e. The number of rotatable bonds is 5. The molecule has 0 unspecified atom stereocenters. The summed E-state index contributed by atoms with van der Waals surface area (Å²) in [6.45, 7) is -3.38. The highest BCUT2D eigenvalue weighted by molar-refractivity contribution is 5.88. The van der Waals surface area contributed by atoms with E-state index in [0.717, 1.165) is 6.07 Å². The fourth-order valence-electron chi connectivity index (χ4n) is 1.70. The third-order valence-corrected chi connectivity index (χ3v) is 2.64. The molecule has 2 N–H and O–H groups in total. The minimum absolute atomic E-state index is 0.163. The standard InChI is InChI=1S/C14H12F3N3O2/c15-11-4-1-5-12(22-13(16)17)10(11)8-19-14(21)20-9-3-2-6-18-7-9/h1-7,13H,8H2,(H2,19,20,21). The molecule has 1 aromatic carbocycles. The van der Waals surface area contributed by atoms with Crippen LogP contribution in [-0.4, -0.2) is 17.6 Å². The second kappa shape index (κ2) is 7.30. The molecule has 1 aromatic heterocycles. The minimum atomic E-state index is -3.08. The van der Waals surface area contributed by atoms with Gasteiger partial charge in [0.2, 0.25) is 0 Å². The average Bonchev–Trinajstić information content (AvgIpc) is 2.47. The fraction of sp³-hybridized carbons (Fsp3) is 0.143. The zero-order valence-electron chi connectivity index (χ0n) is 11.2. The van der Waals surface area contributed by atoms with Gasteiger partial charge in [-0.3, -0.25) is 4.98 Å². The summed E-state index contributed by atoms with van der Waals surface area (Å²) in [6, 6.07) is 6.15. The number of ether oxygens (including phenoxy) is 1. The molecule has 0 bridgehead atoms. The van der Waals surface area contributed by atoms with Gasteiger partial charge in [-0.2, -0.15) is 8.78 Å². The third kappa shape index (κ3) is 4.37. The maximum atomic E-state index is 13.7. The number of nitrogens with one attached hydrogen (secondary N) is 2. The van der Waals surface area contributed by atoms with Crippen molar-refractivity contribution in [1.82, 2.24) is 10.3 Å². The van der Waals surface area contributed by atoms with Crippen LogP contribution >= 0.6 is 0 Å². The second-order valence-corrected chi connectivity index (χ2v) is 4.14. The number of aromatic nitrogens is 1. The van der Waals surface area contributed by atoms with Crippen LogP contribution in [0, 0.1) is 5.82 Å². The number of carbonyl (C=O) groups excluding carboxylic acids is 1. The number of carbonyl (C=O) groups is 1. The summed E-state index contributed by atoms with van der Waals surface area (Å²) in [7, 11) is 0. The molecule has 22 heavy (non-hydrogen) atoms. The summed E-state index contributed by atoms with van der Waals surface area (Å²) >= 11 is 0. The van der Waals surface area contributed by atoms with E-state index in [1.54, 1.807) is 12.1 Å². The lowest BCUT2D eigenvalue weighted by molar-refractivity contribution is -0.0506. The van der Waals surface area contributed by atoms with Gasteiger partial charge in [0.05, 0.1) is 18.4 Å². The number of alkyl halides is 2. The number of anilines is 1. The summed E-state index contributed by atoms with van der Waals surface area (Å²) in [4.78, 5) is 15.5. The van der Waals surface area contributed by atoms with E-state index < -0.39 is 18.5 Å². The zero-order chi connectivity index (χ0) is 15.9. The molecule has 0 aliphatic heterocycles. The van der Waals surface area contributed by atoms with Crippen molar-refractivity contribution in [3.63, 3.8) is 0 Å². The largest absolute Gasteiger partial charge is 0.434 e. The first-order valence-corrected chi connectivity index (χ1v) is 6.23. The Hall–Kier alpha value is -2.77. The summed E-state index contributed by atoms with van der Waals surface area (Å²) in [6.07, 6.45) is 2.96. The highest BCUT2D eigenvalue weighted by Crippen LogP contribution is 2.23. The van der Waals surface area contributed by atoms with Crippen LogP contribution in [0.5, 0.6) is 5.75 Å². The summed E-state index contributed by atoms with van der Waals surface area (Å²) in [5.74, 6) is -1.07. The fourth-order valence-corrected chi connectivity index (χ4v) is 1.70. The van der Waals surface area contributed by atoms with Gasteiger partial charge < -0.3 is 15.4 Å². The summed E-state index contributed by atoms with van der Waals surface area (Å²) in [5, 5.41) is 4.83. The van der Waals surface area contributed by atoms with Crippen LogP contribution < -0.4 is 15.4 Å². The van der Waals surface area contributed by atoms with Crippen molar-refractivity contribution in [2.75, 3.05) is 5.32 Å². The molecule has 0 saturated heterocycles. The van der Waals surface area contributed by atoms with E-state index >= 15 is 0 Å². The van der Waals surface area contributed by atoms with Crippen LogP contribution in [0.2, 0.25) is 0 Å². The monoisotopic (exact) mass is 311 g/mol.